The molecule has 1 rings (SSSR count). The summed E-state index contributed by atoms with van der Waals surface area (Å²) in [6, 6.07) is 2.60. The van der Waals surface area contributed by atoms with Crippen molar-refractivity contribution in [2.75, 3.05) is 17.5 Å². The van der Waals surface area contributed by atoms with Crippen molar-refractivity contribution in [2.45, 2.75) is 11.3 Å². The lowest BCUT2D eigenvalue weighted by molar-refractivity contribution is -0.136. The number of hydrogen-bond donors (Lipinski definition) is 3. The van der Waals surface area contributed by atoms with Crippen LogP contribution in [0.25, 0.3) is 0 Å². The molecule has 1 aromatic rings. The molecule has 1 aromatic carbocycles. The molecule has 0 saturated carbocycles. The van der Waals surface area contributed by atoms with E-state index in [0.29, 0.717) is 6.07 Å². The minimum absolute atomic E-state index is 0.345. The van der Waals surface area contributed by atoms with E-state index in [4.69, 9.17) is 5.11 Å². The quantitative estimate of drug-likeness (QED) is 0.638. The van der Waals surface area contributed by atoms with Crippen LogP contribution in [0, 0.1) is 5.82 Å². The Hall–Kier alpha value is -1.72. The normalized spacial score (nSPS) is 12.1. The molecule has 0 bridgehead atoms. The van der Waals surface area contributed by atoms with Crippen LogP contribution in [0.2, 0.25) is 0 Å². The minimum Gasteiger partial charge on any atom is -0.481 e. The number of rotatable bonds is 7. The van der Waals surface area contributed by atoms with Crippen molar-refractivity contribution in [1.82, 2.24) is 4.72 Å². The second-order valence-corrected chi connectivity index (χ2v) is 7.57. The van der Waals surface area contributed by atoms with E-state index < -0.39 is 43.1 Å². The fourth-order valence-electron chi connectivity index (χ4n) is 1.32. The zero-order valence-electron chi connectivity index (χ0n) is 10.8. The van der Waals surface area contributed by atoms with Crippen molar-refractivity contribution in [2.24, 2.45) is 0 Å². The molecule has 0 spiro atoms. The predicted molar refractivity (Wildman–Crippen MR) is 72.3 cm³/mol. The van der Waals surface area contributed by atoms with Gasteiger partial charge in [-0.05, 0) is 18.2 Å². The number of halogens is 1. The Morgan fingerprint density at radius 2 is 1.90 bits per heavy atom. The highest BCUT2D eigenvalue weighted by atomic mass is 32.2. The Labute approximate surface area is 121 Å². The first-order valence-corrected chi connectivity index (χ1v) is 8.87. The van der Waals surface area contributed by atoms with Crippen LogP contribution in [0.1, 0.15) is 6.42 Å². The van der Waals surface area contributed by atoms with Crippen molar-refractivity contribution in [3.8, 4) is 0 Å². The number of benzene rings is 1. The second-order valence-electron chi connectivity index (χ2n) is 4.06. The number of carboxylic acids is 1. The Bertz CT molecular complexity index is 745. The van der Waals surface area contributed by atoms with Crippen LogP contribution in [0.5, 0.6) is 0 Å². The monoisotopic (exact) mass is 340 g/mol. The average Bonchev–Trinajstić information content (AvgIpc) is 2.29. The van der Waals surface area contributed by atoms with Crippen molar-refractivity contribution < 1.29 is 31.1 Å². The molecule has 118 valence electrons. The molecule has 8 nitrogen and oxygen atoms in total. The maximum Gasteiger partial charge on any atom is 0.304 e. The summed E-state index contributed by atoms with van der Waals surface area (Å²) in [5.74, 6) is -2.25. The molecule has 0 saturated heterocycles. The van der Waals surface area contributed by atoms with Gasteiger partial charge in [0.05, 0.1) is 23.3 Å². The average molecular weight is 340 g/mol. The number of hydrogen-bond acceptors (Lipinski definition) is 5. The van der Waals surface area contributed by atoms with Gasteiger partial charge < -0.3 is 5.11 Å². The summed E-state index contributed by atoms with van der Waals surface area (Å²) < 4.78 is 63.0. The summed E-state index contributed by atoms with van der Waals surface area (Å²) in [7, 11) is -7.76. The van der Waals surface area contributed by atoms with E-state index in [1.54, 1.807) is 0 Å². The molecule has 21 heavy (non-hydrogen) atoms. The number of carboxylic acid groups (broad SMARTS) is 1. The van der Waals surface area contributed by atoms with Crippen molar-refractivity contribution in [3.05, 3.63) is 24.0 Å². The van der Waals surface area contributed by atoms with Crippen molar-refractivity contribution in [3.63, 3.8) is 0 Å². The molecule has 0 amide bonds. The Morgan fingerprint density at radius 3 is 2.38 bits per heavy atom. The lowest BCUT2D eigenvalue weighted by Gasteiger charge is -2.09. The zero-order chi connectivity index (χ0) is 16.3. The highest BCUT2D eigenvalue weighted by Crippen LogP contribution is 2.19. The van der Waals surface area contributed by atoms with E-state index in [9.17, 15) is 26.0 Å². The van der Waals surface area contributed by atoms with Crippen LogP contribution in [-0.2, 0) is 24.8 Å². The van der Waals surface area contributed by atoms with E-state index in [1.807, 2.05) is 9.44 Å². The topological polar surface area (TPSA) is 130 Å². The van der Waals surface area contributed by atoms with Crippen LogP contribution in [0.4, 0.5) is 10.1 Å². The zero-order valence-corrected chi connectivity index (χ0v) is 12.5. The van der Waals surface area contributed by atoms with Crippen LogP contribution < -0.4 is 9.44 Å². The number of sulfonamides is 2. The third kappa shape index (κ3) is 5.65. The van der Waals surface area contributed by atoms with Gasteiger partial charge in [-0.1, -0.05) is 0 Å². The number of carbonyl (C=O) groups is 1. The molecule has 0 atom stereocenters. The predicted octanol–water partition coefficient (Wildman–Crippen LogP) is -0.0498. The molecule has 0 fully saturated rings. The van der Waals surface area contributed by atoms with Crippen LogP contribution in [0.3, 0.4) is 0 Å². The van der Waals surface area contributed by atoms with Gasteiger partial charge in [0.1, 0.15) is 5.82 Å². The van der Waals surface area contributed by atoms with Gasteiger partial charge >= 0.3 is 5.97 Å². The van der Waals surface area contributed by atoms with Gasteiger partial charge in [-0.25, -0.2) is 25.9 Å². The largest absolute Gasteiger partial charge is 0.481 e. The molecular formula is C10H13FN2O6S2. The maximum atomic E-state index is 13.6. The lowest BCUT2D eigenvalue weighted by atomic mass is 10.3. The first-order chi connectivity index (χ1) is 9.51. The summed E-state index contributed by atoms with van der Waals surface area (Å²) in [6.45, 7) is -0.345. The van der Waals surface area contributed by atoms with Gasteiger partial charge in [-0.2, -0.15) is 0 Å². The van der Waals surface area contributed by atoms with Gasteiger partial charge in [-0.15, -0.1) is 0 Å². The van der Waals surface area contributed by atoms with Gasteiger partial charge in [0.25, 0.3) is 0 Å². The lowest BCUT2D eigenvalue weighted by Crippen LogP contribution is -2.26. The van der Waals surface area contributed by atoms with Crippen LogP contribution in [-0.4, -0.2) is 40.7 Å². The smallest absolute Gasteiger partial charge is 0.304 e. The first-order valence-electron chi connectivity index (χ1n) is 5.50. The van der Waals surface area contributed by atoms with Gasteiger partial charge in [0.2, 0.25) is 20.0 Å². The molecule has 0 heterocycles. The van der Waals surface area contributed by atoms with Crippen molar-refractivity contribution in [1.29, 1.82) is 0 Å². The Morgan fingerprint density at radius 1 is 1.29 bits per heavy atom. The first kappa shape index (κ1) is 17.3. The Kier molecular flexibility index (Phi) is 5.25. The van der Waals surface area contributed by atoms with E-state index in [1.165, 1.54) is 0 Å². The standard InChI is InChI=1S/C10H13FN2O6S2/c1-20(16,17)13-9-3-2-7(6-8(9)11)21(18,19)12-5-4-10(14)15/h2-3,6,12-13H,4-5H2,1H3,(H,14,15). The SMILES string of the molecule is CS(=O)(=O)Nc1ccc(S(=O)(=O)NCCC(=O)O)cc1F. The third-order valence-electron chi connectivity index (χ3n) is 2.18. The molecule has 0 radical (unpaired) electrons. The third-order valence-corrected chi connectivity index (χ3v) is 4.23. The second kappa shape index (κ2) is 6.37. The molecular weight excluding hydrogens is 327 g/mol. The van der Waals surface area contributed by atoms with E-state index in [2.05, 4.69) is 0 Å². The van der Waals surface area contributed by atoms with Gasteiger partial charge in [-0.3, -0.25) is 9.52 Å². The molecule has 0 aliphatic rings. The summed E-state index contributed by atoms with van der Waals surface area (Å²) in [5.41, 5.74) is -0.387. The fraction of sp³-hybridized carbons (Fsp3) is 0.300. The summed E-state index contributed by atoms with van der Waals surface area (Å²) in [5, 5.41) is 8.41. The maximum absolute atomic E-state index is 13.6. The summed E-state index contributed by atoms with van der Waals surface area (Å²) in [4.78, 5) is 9.85. The van der Waals surface area contributed by atoms with E-state index in [-0.39, 0.29) is 12.2 Å². The molecule has 0 aliphatic carbocycles. The Balaban J connectivity index is 2.94. The van der Waals surface area contributed by atoms with Gasteiger partial charge in [0.15, 0.2) is 0 Å². The number of anilines is 1. The van der Waals surface area contributed by atoms with E-state index in [0.717, 1.165) is 18.4 Å². The number of aliphatic carboxylic acids is 1. The highest BCUT2D eigenvalue weighted by Gasteiger charge is 2.17. The number of nitrogens with one attached hydrogen (secondary N) is 2. The molecule has 0 unspecified atom stereocenters. The van der Waals surface area contributed by atoms with Gasteiger partial charge in [0, 0.05) is 6.54 Å². The fourth-order valence-corrected chi connectivity index (χ4v) is 2.93. The highest BCUT2D eigenvalue weighted by molar-refractivity contribution is 7.92. The minimum atomic E-state index is -4.07. The van der Waals surface area contributed by atoms with Crippen molar-refractivity contribution >= 4 is 31.7 Å². The van der Waals surface area contributed by atoms with E-state index >= 15 is 0 Å². The van der Waals surface area contributed by atoms with Crippen LogP contribution >= 0.6 is 0 Å². The molecule has 0 aliphatic heterocycles. The summed E-state index contributed by atoms with van der Waals surface area (Å²) >= 11 is 0. The molecule has 11 heteroatoms. The molecule has 3 N–H and O–H groups in total. The summed E-state index contributed by atoms with van der Waals surface area (Å²) in [6.07, 6.45) is 0.403. The molecule has 0 aromatic heterocycles. The van der Waals surface area contributed by atoms with Crippen LogP contribution in [0.15, 0.2) is 23.1 Å².